The van der Waals surface area contributed by atoms with E-state index >= 15 is 0 Å². The second-order valence-electron chi connectivity index (χ2n) is 6.30. The van der Waals surface area contributed by atoms with Gasteiger partial charge in [0.1, 0.15) is 6.61 Å². The second kappa shape index (κ2) is 9.47. The SMILES string of the molecule is CCOC(=O)c1cc(-c2ccc(Br)cc2)nc(C)c1C(=O)OCc1ccccc1. The molecule has 0 radical (unpaired) electrons. The van der Waals surface area contributed by atoms with Gasteiger partial charge < -0.3 is 9.47 Å². The Morgan fingerprint density at radius 1 is 0.966 bits per heavy atom. The molecule has 0 saturated heterocycles. The summed E-state index contributed by atoms with van der Waals surface area (Å²) in [5.74, 6) is -1.19. The Bertz CT molecular complexity index is 1020. The van der Waals surface area contributed by atoms with Gasteiger partial charge in [0.2, 0.25) is 0 Å². The van der Waals surface area contributed by atoms with E-state index in [9.17, 15) is 9.59 Å². The summed E-state index contributed by atoms with van der Waals surface area (Å²) < 4.78 is 11.5. The van der Waals surface area contributed by atoms with E-state index in [0.29, 0.717) is 11.4 Å². The van der Waals surface area contributed by atoms with Crippen molar-refractivity contribution in [2.45, 2.75) is 20.5 Å². The minimum atomic E-state index is -0.607. The Balaban J connectivity index is 1.97. The van der Waals surface area contributed by atoms with Crippen LogP contribution in [0.15, 0.2) is 65.1 Å². The topological polar surface area (TPSA) is 65.5 Å². The van der Waals surface area contributed by atoms with Crippen LogP contribution in [0.2, 0.25) is 0 Å². The maximum atomic E-state index is 12.8. The minimum Gasteiger partial charge on any atom is -0.462 e. The van der Waals surface area contributed by atoms with E-state index in [4.69, 9.17) is 9.47 Å². The zero-order valence-corrected chi connectivity index (χ0v) is 17.7. The molecule has 0 bridgehead atoms. The van der Waals surface area contributed by atoms with Gasteiger partial charge in [-0.05, 0) is 37.6 Å². The molecule has 3 aromatic rings. The van der Waals surface area contributed by atoms with E-state index in [2.05, 4.69) is 20.9 Å². The molecule has 1 aromatic heterocycles. The largest absolute Gasteiger partial charge is 0.462 e. The number of benzene rings is 2. The van der Waals surface area contributed by atoms with Gasteiger partial charge in [0, 0.05) is 10.0 Å². The Kier molecular flexibility index (Phi) is 6.77. The Morgan fingerprint density at radius 3 is 2.31 bits per heavy atom. The van der Waals surface area contributed by atoms with Crippen molar-refractivity contribution < 1.29 is 19.1 Å². The van der Waals surface area contributed by atoms with Gasteiger partial charge >= 0.3 is 11.9 Å². The highest BCUT2D eigenvalue weighted by Gasteiger charge is 2.24. The number of pyridine rings is 1. The molecular weight excluding hydrogens is 434 g/mol. The van der Waals surface area contributed by atoms with Crippen molar-refractivity contribution in [2.75, 3.05) is 6.61 Å². The normalized spacial score (nSPS) is 10.4. The van der Waals surface area contributed by atoms with E-state index in [0.717, 1.165) is 15.6 Å². The molecule has 0 N–H and O–H groups in total. The Hall–Kier alpha value is -2.99. The number of hydrogen-bond acceptors (Lipinski definition) is 5. The molecule has 0 spiro atoms. The predicted octanol–water partition coefficient (Wildman–Crippen LogP) is 5.35. The number of aromatic nitrogens is 1. The van der Waals surface area contributed by atoms with Gasteiger partial charge in [-0.2, -0.15) is 0 Å². The zero-order chi connectivity index (χ0) is 20.8. The number of aryl methyl sites for hydroxylation is 1. The molecule has 3 rings (SSSR count). The molecule has 0 unspecified atom stereocenters. The summed E-state index contributed by atoms with van der Waals surface area (Å²) in [6.45, 7) is 3.71. The molecule has 0 atom stereocenters. The second-order valence-corrected chi connectivity index (χ2v) is 7.22. The summed E-state index contributed by atoms with van der Waals surface area (Å²) in [5, 5.41) is 0. The predicted molar refractivity (Wildman–Crippen MR) is 114 cm³/mol. The molecule has 0 aliphatic heterocycles. The number of halogens is 1. The van der Waals surface area contributed by atoms with E-state index in [1.54, 1.807) is 19.9 Å². The number of carbonyl (C=O) groups is 2. The van der Waals surface area contributed by atoms with Gasteiger partial charge in [0.25, 0.3) is 0 Å². The number of carbonyl (C=O) groups excluding carboxylic acids is 2. The molecule has 0 fully saturated rings. The third-order valence-corrected chi connectivity index (χ3v) is 4.78. The van der Waals surface area contributed by atoms with Crippen LogP contribution in [0.4, 0.5) is 0 Å². The van der Waals surface area contributed by atoms with Gasteiger partial charge in [0.05, 0.1) is 29.1 Å². The molecule has 0 aliphatic carbocycles. The summed E-state index contributed by atoms with van der Waals surface area (Å²) in [5.41, 5.74) is 2.95. The van der Waals surface area contributed by atoms with Crippen LogP contribution in [0, 0.1) is 6.92 Å². The quantitative estimate of drug-likeness (QED) is 0.470. The number of hydrogen-bond donors (Lipinski definition) is 0. The molecule has 148 valence electrons. The lowest BCUT2D eigenvalue weighted by Gasteiger charge is -2.13. The van der Waals surface area contributed by atoms with Crippen LogP contribution in [-0.2, 0) is 16.1 Å². The Morgan fingerprint density at radius 2 is 1.66 bits per heavy atom. The number of ether oxygens (including phenoxy) is 2. The van der Waals surface area contributed by atoms with Crippen LogP contribution < -0.4 is 0 Å². The highest BCUT2D eigenvalue weighted by Crippen LogP contribution is 2.25. The first-order valence-electron chi connectivity index (χ1n) is 9.15. The van der Waals surface area contributed by atoms with Crippen molar-refractivity contribution in [1.82, 2.24) is 4.98 Å². The molecule has 5 nitrogen and oxygen atoms in total. The minimum absolute atomic E-state index is 0.107. The van der Waals surface area contributed by atoms with Crippen molar-refractivity contribution in [1.29, 1.82) is 0 Å². The number of rotatable bonds is 6. The van der Waals surface area contributed by atoms with Crippen molar-refractivity contribution in [2.24, 2.45) is 0 Å². The van der Waals surface area contributed by atoms with Crippen molar-refractivity contribution in [3.63, 3.8) is 0 Å². The van der Waals surface area contributed by atoms with Gasteiger partial charge in [-0.3, -0.25) is 4.98 Å². The zero-order valence-electron chi connectivity index (χ0n) is 16.1. The molecule has 1 heterocycles. The fourth-order valence-corrected chi connectivity index (χ4v) is 3.13. The average Bonchev–Trinajstić information content (AvgIpc) is 2.73. The van der Waals surface area contributed by atoms with Crippen LogP contribution in [-0.4, -0.2) is 23.5 Å². The summed E-state index contributed by atoms with van der Waals surface area (Å²) in [4.78, 5) is 29.9. The summed E-state index contributed by atoms with van der Waals surface area (Å²) in [7, 11) is 0. The first-order chi connectivity index (χ1) is 14.0. The van der Waals surface area contributed by atoms with Crippen LogP contribution in [0.5, 0.6) is 0 Å². The third kappa shape index (κ3) is 5.09. The summed E-state index contributed by atoms with van der Waals surface area (Å²) in [6.07, 6.45) is 0. The average molecular weight is 454 g/mol. The monoisotopic (exact) mass is 453 g/mol. The van der Waals surface area contributed by atoms with Crippen LogP contribution in [0.25, 0.3) is 11.3 Å². The van der Waals surface area contributed by atoms with Crippen molar-refractivity contribution in [3.8, 4) is 11.3 Å². The van der Waals surface area contributed by atoms with E-state index in [1.807, 2.05) is 54.6 Å². The highest BCUT2D eigenvalue weighted by molar-refractivity contribution is 9.10. The lowest BCUT2D eigenvalue weighted by atomic mass is 10.0. The van der Waals surface area contributed by atoms with Crippen LogP contribution >= 0.6 is 15.9 Å². The molecule has 0 amide bonds. The summed E-state index contributed by atoms with van der Waals surface area (Å²) >= 11 is 3.40. The van der Waals surface area contributed by atoms with Crippen molar-refractivity contribution >= 4 is 27.9 Å². The first-order valence-corrected chi connectivity index (χ1v) is 9.94. The van der Waals surface area contributed by atoms with Crippen LogP contribution in [0.3, 0.4) is 0 Å². The van der Waals surface area contributed by atoms with Crippen molar-refractivity contribution in [3.05, 3.63) is 87.5 Å². The van der Waals surface area contributed by atoms with E-state index < -0.39 is 11.9 Å². The molecule has 2 aromatic carbocycles. The van der Waals surface area contributed by atoms with Gasteiger partial charge in [-0.25, -0.2) is 9.59 Å². The molecule has 6 heteroatoms. The smallest absolute Gasteiger partial charge is 0.341 e. The Labute approximate surface area is 177 Å². The fourth-order valence-electron chi connectivity index (χ4n) is 2.86. The van der Waals surface area contributed by atoms with Gasteiger partial charge in [-0.1, -0.05) is 58.4 Å². The number of nitrogens with zero attached hydrogens (tertiary/aromatic N) is 1. The highest BCUT2D eigenvalue weighted by atomic mass is 79.9. The lowest BCUT2D eigenvalue weighted by molar-refractivity contribution is 0.0443. The fraction of sp³-hybridized carbons (Fsp3) is 0.174. The first kappa shape index (κ1) is 20.7. The maximum absolute atomic E-state index is 12.8. The van der Waals surface area contributed by atoms with Crippen LogP contribution in [0.1, 0.15) is 38.9 Å². The molecule has 0 aliphatic rings. The summed E-state index contributed by atoms with van der Waals surface area (Å²) in [6, 6.07) is 18.5. The number of esters is 2. The molecule has 29 heavy (non-hydrogen) atoms. The third-order valence-electron chi connectivity index (χ3n) is 4.25. The molecule has 0 saturated carbocycles. The van der Waals surface area contributed by atoms with Gasteiger partial charge in [-0.15, -0.1) is 0 Å². The van der Waals surface area contributed by atoms with E-state index in [1.165, 1.54) is 0 Å². The molecular formula is C23H20BrNO4. The maximum Gasteiger partial charge on any atom is 0.341 e. The lowest BCUT2D eigenvalue weighted by Crippen LogP contribution is -2.17. The standard InChI is InChI=1S/C23H20BrNO4/c1-3-28-22(26)19-13-20(17-9-11-18(24)12-10-17)25-15(2)21(19)23(27)29-14-16-7-5-4-6-8-16/h4-13H,3,14H2,1-2H3. The van der Waals surface area contributed by atoms with Gasteiger partial charge in [0.15, 0.2) is 0 Å². The van der Waals surface area contributed by atoms with E-state index in [-0.39, 0.29) is 24.3 Å².